The molecule has 1 aromatic heterocycles. The first-order valence-corrected chi connectivity index (χ1v) is 5.93. The topological polar surface area (TPSA) is 54.9 Å². The van der Waals surface area contributed by atoms with Crippen molar-refractivity contribution in [1.82, 2.24) is 9.97 Å². The molecule has 4 nitrogen and oxygen atoms in total. The molecule has 0 spiro atoms. The monoisotopic (exact) mass is 279 g/mol. The molecule has 2 rings (SSSR count). The standard InChI is InChI=1S/C13H11ClFN3O/c1-7-4-3-5-9(11(7)15)12(19)18-13-16-8(2)6-10(14)17-13/h3-6H,1-2H3,(H,16,17,18,19). The number of nitrogens with zero attached hydrogens (tertiary/aromatic N) is 2. The van der Waals surface area contributed by atoms with Crippen LogP contribution in [0.5, 0.6) is 0 Å². The van der Waals surface area contributed by atoms with Crippen LogP contribution in [0.4, 0.5) is 10.3 Å². The van der Waals surface area contributed by atoms with Crippen LogP contribution in [-0.2, 0) is 0 Å². The zero-order valence-corrected chi connectivity index (χ0v) is 11.1. The van der Waals surface area contributed by atoms with Gasteiger partial charge in [0, 0.05) is 5.69 Å². The average molecular weight is 280 g/mol. The van der Waals surface area contributed by atoms with Gasteiger partial charge in [0.15, 0.2) is 0 Å². The van der Waals surface area contributed by atoms with Crippen LogP contribution >= 0.6 is 11.6 Å². The van der Waals surface area contributed by atoms with Gasteiger partial charge in [0.25, 0.3) is 5.91 Å². The van der Waals surface area contributed by atoms with E-state index in [-0.39, 0.29) is 16.7 Å². The maximum Gasteiger partial charge on any atom is 0.261 e. The highest BCUT2D eigenvalue weighted by Crippen LogP contribution is 2.14. The molecule has 0 aliphatic rings. The lowest BCUT2D eigenvalue weighted by Crippen LogP contribution is -2.16. The first kappa shape index (κ1) is 13.4. The van der Waals surface area contributed by atoms with Gasteiger partial charge in [-0.2, -0.15) is 0 Å². The highest BCUT2D eigenvalue weighted by molar-refractivity contribution is 6.29. The van der Waals surface area contributed by atoms with Crippen LogP contribution in [-0.4, -0.2) is 15.9 Å². The Kier molecular flexibility index (Phi) is 3.76. The van der Waals surface area contributed by atoms with E-state index in [2.05, 4.69) is 15.3 Å². The number of nitrogens with one attached hydrogen (secondary N) is 1. The number of hydrogen-bond acceptors (Lipinski definition) is 3. The maximum atomic E-state index is 13.8. The predicted molar refractivity (Wildman–Crippen MR) is 70.9 cm³/mol. The van der Waals surface area contributed by atoms with Crippen LogP contribution in [0.25, 0.3) is 0 Å². The molecular weight excluding hydrogens is 269 g/mol. The molecule has 0 atom stereocenters. The Hall–Kier alpha value is -2.01. The van der Waals surface area contributed by atoms with E-state index in [0.29, 0.717) is 11.3 Å². The Bertz CT molecular complexity index is 626. The van der Waals surface area contributed by atoms with Crippen molar-refractivity contribution in [3.8, 4) is 0 Å². The first-order valence-electron chi connectivity index (χ1n) is 5.55. The van der Waals surface area contributed by atoms with Crippen LogP contribution in [0.3, 0.4) is 0 Å². The summed E-state index contributed by atoms with van der Waals surface area (Å²) in [7, 11) is 0. The number of hydrogen-bond donors (Lipinski definition) is 1. The van der Waals surface area contributed by atoms with Gasteiger partial charge in [0.05, 0.1) is 5.56 Å². The molecule has 0 radical (unpaired) electrons. The van der Waals surface area contributed by atoms with E-state index in [4.69, 9.17) is 11.6 Å². The molecule has 1 heterocycles. The number of anilines is 1. The smallest absolute Gasteiger partial charge is 0.261 e. The number of carbonyl (C=O) groups is 1. The van der Waals surface area contributed by atoms with Gasteiger partial charge in [-0.25, -0.2) is 14.4 Å². The van der Waals surface area contributed by atoms with Gasteiger partial charge in [0.2, 0.25) is 5.95 Å². The fraction of sp³-hybridized carbons (Fsp3) is 0.154. The zero-order chi connectivity index (χ0) is 14.0. The van der Waals surface area contributed by atoms with Crippen LogP contribution in [0.2, 0.25) is 5.15 Å². The van der Waals surface area contributed by atoms with Crippen LogP contribution in [0.15, 0.2) is 24.3 Å². The summed E-state index contributed by atoms with van der Waals surface area (Å²) in [6.45, 7) is 3.31. The van der Waals surface area contributed by atoms with Crippen LogP contribution in [0.1, 0.15) is 21.6 Å². The number of amides is 1. The summed E-state index contributed by atoms with van der Waals surface area (Å²) in [5.41, 5.74) is 0.956. The van der Waals surface area contributed by atoms with Gasteiger partial charge in [-0.05, 0) is 31.5 Å². The van der Waals surface area contributed by atoms with Crippen molar-refractivity contribution in [3.05, 3.63) is 52.1 Å². The Morgan fingerprint density at radius 3 is 2.74 bits per heavy atom. The third-order valence-corrected chi connectivity index (χ3v) is 2.68. The first-order chi connectivity index (χ1) is 8.97. The van der Waals surface area contributed by atoms with E-state index in [1.165, 1.54) is 6.07 Å². The largest absolute Gasteiger partial charge is 0.290 e. The molecule has 1 aromatic carbocycles. The second kappa shape index (κ2) is 5.32. The fourth-order valence-electron chi connectivity index (χ4n) is 1.58. The van der Waals surface area contributed by atoms with Crippen LogP contribution < -0.4 is 5.32 Å². The maximum absolute atomic E-state index is 13.8. The molecule has 0 saturated carbocycles. The molecule has 0 aliphatic heterocycles. The molecule has 19 heavy (non-hydrogen) atoms. The minimum atomic E-state index is -0.608. The number of carbonyl (C=O) groups excluding carboxylic acids is 1. The normalized spacial score (nSPS) is 10.3. The van der Waals surface area contributed by atoms with Crippen molar-refractivity contribution in [2.45, 2.75) is 13.8 Å². The zero-order valence-electron chi connectivity index (χ0n) is 10.4. The molecule has 98 valence electrons. The van der Waals surface area contributed by atoms with Crippen molar-refractivity contribution >= 4 is 23.5 Å². The quantitative estimate of drug-likeness (QED) is 0.859. The van der Waals surface area contributed by atoms with Crippen molar-refractivity contribution < 1.29 is 9.18 Å². The third kappa shape index (κ3) is 3.06. The van der Waals surface area contributed by atoms with E-state index in [1.807, 2.05) is 0 Å². The number of rotatable bonds is 2. The summed E-state index contributed by atoms with van der Waals surface area (Å²) in [6, 6.07) is 6.16. The van der Waals surface area contributed by atoms with Gasteiger partial charge >= 0.3 is 0 Å². The summed E-state index contributed by atoms with van der Waals surface area (Å²) in [6.07, 6.45) is 0. The Morgan fingerprint density at radius 2 is 2.05 bits per heavy atom. The fourth-order valence-corrected chi connectivity index (χ4v) is 1.82. The number of aryl methyl sites for hydroxylation is 2. The summed E-state index contributed by atoms with van der Waals surface area (Å²) < 4.78 is 13.8. The van der Waals surface area contributed by atoms with Gasteiger partial charge < -0.3 is 0 Å². The van der Waals surface area contributed by atoms with Gasteiger partial charge in [-0.3, -0.25) is 10.1 Å². The minimum Gasteiger partial charge on any atom is -0.290 e. The predicted octanol–water partition coefficient (Wildman–Crippen LogP) is 3.14. The second-order valence-corrected chi connectivity index (χ2v) is 4.43. The molecule has 1 amide bonds. The SMILES string of the molecule is Cc1cc(Cl)nc(NC(=O)c2cccc(C)c2F)n1. The van der Waals surface area contributed by atoms with Crippen molar-refractivity contribution in [2.75, 3.05) is 5.32 Å². The van der Waals surface area contributed by atoms with Crippen molar-refractivity contribution in [1.29, 1.82) is 0 Å². The number of aromatic nitrogens is 2. The highest BCUT2D eigenvalue weighted by atomic mass is 35.5. The van der Waals surface area contributed by atoms with Crippen molar-refractivity contribution in [3.63, 3.8) is 0 Å². The molecule has 0 unspecified atom stereocenters. The molecule has 1 N–H and O–H groups in total. The minimum absolute atomic E-state index is 0.0518. The van der Waals surface area contributed by atoms with E-state index in [0.717, 1.165) is 0 Å². The molecular formula is C13H11ClFN3O. The molecule has 0 bridgehead atoms. The Morgan fingerprint density at radius 1 is 1.32 bits per heavy atom. The second-order valence-electron chi connectivity index (χ2n) is 4.05. The van der Waals surface area contributed by atoms with E-state index < -0.39 is 11.7 Å². The van der Waals surface area contributed by atoms with E-state index in [9.17, 15) is 9.18 Å². The molecule has 0 fully saturated rings. The molecule has 6 heteroatoms. The summed E-state index contributed by atoms with van der Waals surface area (Å²) in [5.74, 6) is -1.11. The average Bonchev–Trinajstić information content (AvgIpc) is 2.31. The summed E-state index contributed by atoms with van der Waals surface area (Å²) >= 11 is 5.76. The van der Waals surface area contributed by atoms with Crippen molar-refractivity contribution in [2.24, 2.45) is 0 Å². The lowest BCUT2D eigenvalue weighted by Gasteiger charge is -2.07. The van der Waals surface area contributed by atoms with Crippen LogP contribution in [0, 0.1) is 19.7 Å². The lowest BCUT2D eigenvalue weighted by molar-refractivity contribution is 0.102. The summed E-state index contributed by atoms with van der Waals surface area (Å²) in [5, 5.41) is 2.64. The molecule has 2 aromatic rings. The molecule has 0 saturated heterocycles. The third-order valence-electron chi connectivity index (χ3n) is 2.48. The molecule has 0 aliphatic carbocycles. The highest BCUT2D eigenvalue weighted by Gasteiger charge is 2.14. The van der Waals surface area contributed by atoms with E-state index in [1.54, 1.807) is 32.0 Å². The summed E-state index contributed by atoms with van der Waals surface area (Å²) in [4.78, 5) is 19.8. The van der Waals surface area contributed by atoms with Gasteiger partial charge in [-0.1, -0.05) is 23.7 Å². The Labute approximate surface area is 114 Å². The Balaban J connectivity index is 2.28. The lowest BCUT2D eigenvalue weighted by atomic mass is 10.1. The number of benzene rings is 1. The van der Waals surface area contributed by atoms with Gasteiger partial charge in [-0.15, -0.1) is 0 Å². The van der Waals surface area contributed by atoms with Gasteiger partial charge in [0.1, 0.15) is 11.0 Å². The number of halogens is 2. The van der Waals surface area contributed by atoms with E-state index >= 15 is 0 Å².